The Morgan fingerprint density at radius 3 is 2.59 bits per heavy atom. The number of hydrogen-bond acceptors (Lipinski definition) is 8. The molecule has 2 N–H and O–H groups in total. The van der Waals surface area contributed by atoms with Crippen molar-refractivity contribution in [2.45, 2.75) is 29.7 Å². The number of sulfonamides is 1. The third-order valence-corrected chi connectivity index (χ3v) is 8.20. The molecular weight excluding hydrogens is 476 g/mol. The molecule has 1 amide bonds. The fraction of sp³-hybridized carbons (Fsp3) is 0.391. The zero-order chi connectivity index (χ0) is 24.6. The van der Waals surface area contributed by atoms with Crippen molar-refractivity contribution in [2.24, 2.45) is 5.16 Å². The van der Waals surface area contributed by atoms with E-state index in [1.807, 2.05) is 13.1 Å². The van der Waals surface area contributed by atoms with Gasteiger partial charge in [-0.1, -0.05) is 17.3 Å². The van der Waals surface area contributed by atoms with Gasteiger partial charge in [0.25, 0.3) is 5.91 Å². The van der Waals surface area contributed by atoms with Crippen LogP contribution in [0.2, 0.25) is 0 Å². The van der Waals surface area contributed by atoms with Crippen LogP contribution in [0.5, 0.6) is 0 Å². The molecule has 34 heavy (non-hydrogen) atoms. The molecule has 0 saturated heterocycles. The van der Waals surface area contributed by atoms with E-state index >= 15 is 0 Å². The first-order valence-corrected chi connectivity index (χ1v) is 12.8. The molecule has 4 rings (SSSR count). The highest BCUT2D eigenvalue weighted by Gasteiger charge is 2.34. The lowest BCUT2D eigenvalue weighted by Crippen LogP contribution is -2.27. The highest BCUT2D eigenvalue weighted by Crippen LogP contribution is 2.40. The first-order valence-electron chi connectivity index (χ1n) is 10.9. The number of nitrogens with zero attached hydrogens (tertiary/aromatic N) is 3. The topological polar surface area (TPSA) is 112 Å². The van der Waals surface area contributed by atoms with E-state index in [9.17, 15) is 13.2 Å². The lowest BCUT2D eigenvalue weighted by atomic mass is 9.87. The number of fused-ring (bicyclic) bond motifs is 3. The predicted octanol–water partition coefficient (Wildman–Crippen LogP) is 1.90. The van der Waals surface area contributed by atoms with Gasteiger partial charge in [0.15, 0.2) is 11.1 Å². The summed E-state index contributed by atoms with van der Waals surface area (Å²) in [5.41, 5.74) is 4.79. The van der Waals surface area contributed by atoms with Crippen LogP contribution in [-0.2, 0) is 32.6 Å². The zero-order valence-electron chi connectivity index (χ0n) is 19.3. The Bertz CT molecular complexity index is 1240. The van der Waals surface area contributed by atoms with E-state index in [0.717, 1.165) is 40.9 Å². The fourth-order valence-corrected chi connectivity index (χ4v) is 5.22. The van der Waals surface area contributed by atoms with Gasteiger partial charge in [0.2, 0.25) is 10.0 Å². The number of anilines is 1. The number of rotatable bonds is 7. The predicted molar refractivity (Wildman–Crippen MR) is 134 cm³/mol. The summed E-state index contributed by atoms with van der Waals surface area (Å²) in [4.78, 5) is 20.5. The van der Waals surface area contributed by atoms with Crippen LogP contribution in [0.15, 0.2) is 40.4 Å². The molecule has 2 aromatic rings. The van der Waals surface area contributed by atoms with Crippen molar-refractivity contribution in [2.75, 3.05) is 39.6 Å². The molecule has 0 fully saturated rings. The van der Waals surface area contributed by atoms with Crippen molar-refractivity contribution in [3.05, 3.63) is 47.0 Å². The van der Waals surface area contributed by atoms with Gasteiger partial charge in [0, 0.05) is 45.8 Å². The molecule has 2 aliphatic heterocycles. The molecule has 2 aromatic carbocycles. The molecule has 1 atom stereocenters. The largest absolute Gasteiger partial charge is 0.396 e. The average Bonchev–Trinajstić information content (AvgIpc) is 3.12. The quantitative estimate of drug-likeness (QED) is 0.302. The molecule has 1 unspecified atom stereocenters. The van der Waals surface area contributed by atoms with Gasteiger partial charge in [-0.15, -0.1) is 12.6 Å². The number of aliphatic hydroxyl groups excluding tert-OH is 1. The molecule has 11 heteroatoms. The first-order chi connectivity index (χ1) is 16.1. The van der Waals surface area contributed by atoms with Crippen LogP contribution in [-0.4, -0.2) is 74.1 Å². The number of amides is 1. The van der Waals surface area contributed by atoms with Crippen molar-refractivity contribution in [1.82, 2.24) is 9.21 Å². The maximum absolute atomic E-state index is 12.8. The minimum absolute atomic E-state index is 0.106. The summed E-state index contributed by atoms with van der Waals surface area (Å²) < 4.78 is 26.1. The van der Waals surface area contributed by atoms with Gasteiger partial charge >= 0.3 is 0 Å². The summed E-state index contributed by atoms with van der Waals surface area (Å²) in [7, 11) is 1.49. The van der Waals surface area contributed by atoms with Crippen molar-refractivity contribution < 1.29 is 23.2 Å². The lowest BCUT2D eigenvalue weighted by Gasteiger charge is -2.29. The zero-order valence-corrected chi connectivity index (χ0v) is 21.0. The number of carbonyl (C=O) groups is 1. The Labute approximate surface area is 204 Å². The Morgan fingerprint density at radius 2 is 1.94 bits per heavy atom. The van der Waals surface area contributed by atoms with Crippen LogP contribution in [0.4, 0.5) is 5.69 Å². The monoisotopic (exact) mass is 504 g/mol. The number of thiol groups is 1. The number of hydrogen-bond donors (Lipinski definition) is 3. The Morgan fingerprint density at radius 1 is 1.24 bits per heavy atom. The second-order valence-corrected chi connectivity index (χ2v) is 11.3. The van der Waals surface area contributed by atoms with E-state index in [2.05, 4.69) is 28.0 Å². The highest BCUT2D eigenvalue weighted by molar-refractivity contribution is 7.89. The summed E-state index contributed by atoms with van der Waals surface area (Å²) in [5.74, 6) is -0.362. The van der Waals surface area contributed by atoms with Crippen molar-refractivity contribution in [3.63, 3.8) is 0 Å². The van der Waals surface area contributed by atoms with Gasteiger partial charge < -0.3 is 20.2 Å². The number of oxime groups is 1. The minimum atomic E-state index is -3.54. The number of nitrogens with one attached hydrogen (secondary N) is 1. The summed E-state index contributed by atoms with van der Waals surface area (Å²) >= 11 is 4.22. The van der Waals surface area contributed by atoms with E-state index < -0.39 is 15.5 Å². The van der Waals surface area contributed by atoms with E-state index in [0.29, 0.717) is 12.1 Å². The van der Waals surface area contributed by atoms with Gasteiger partial charge in [-0.05, 0) is 53.9 Å². The van der Waals surface area contributed by atoms with E-state index in [4.69, 9.17) is 9.94 Å². The lowest BCUT2D eigenvalue weighted by molar-refractivity contribution is -0.110. The summed E-state index contributed by atoms with van der Waals surface area (Å²) in [6.45, 7) is 1.42. The van der Waals surface area contributed by atoms with Gasteiger partial charge in [-0.25, -0.2) is 12.7 Å². The first kappa shape index (κ1) is 24.7. The number of likely N-dealkylation sites (N-methyl/N-ethyl adjacent to an activating group) is 1. The van der Waals surface area contributed by atoms with Crippen LogP contribution < -0.4 is 5.32 Å². The van der Waals surface area contributed by atoms with E-state index in [1.54, 1.807) is 24.3 Å². The normalized spacial score (nSPS) is 18.1. The van der Waals surface area contributed by atoms with Gasteiger partial charge in [0.05, 0.1) is 10.6 Å². The molecule has 2 aliphatic rings. The highest BCUT2D eigenvalue weighted by atomic mass is 32.2. The van der Waals surface area contributed by atoms with E-state index in [-0.39, 0.29) is 29.5 Å². The molecule has 9 nitrogen and oxygen atoms in total. The Hall–Kier alpha value is -2.44. The number of aliphatic hydroxyl groups is 1. The molecule has 0 spiro atoms. The van der Waals surface area contributed by atoms with Crippen molar-refractivity contribution in [3.8, 4) is 11.1 Å². The van der Waals surface area contributed by atoms with Crippen LogP contribution in [0.1, 0.15) is 23.1 Å². The maximum atomic E-state index is 12.8. The van der Waals surface area contributed by atoms with Crippen LogP contribution >= 0.6 is 12.6 Å². The SMILES string of the molecule is CN1CCc2c(-c3ccc(S(=O)(=O)N(C)C)cc3)cc3c(c2C1)NC(=O)/C3=N\OC(S)CCO. The third kappa shape index (κ3) is 4.58. The summed E-state index contributed by atoms with van der Waals surface area (Å²) in [6, 6.07) is 8.69. The molecule has 0 radical (unpaired) electrons. The van der Waals surface area contributed by atoms with Crippen LogP contribution in [0, 0.1) is 0 Å². The second kappa shape index (κ2) is 9.67. The molecule has 0 aliphatic carbocycles. The second-order valence-electron chi connectivity index (χ2n) is 8.57. The molecule has 0 aromatic heterocycles. The van der Waals surface area contributed by atoms with E-state index in [1.165, 1.54) is 18.4 Å². The molecule has 2 heterocycles. The van der Waals surface area contributed by atoms with Crippen LogP contribution in [0.25, 0.3) is 11.1 Å². The molecular formula is C23H28N4O5S2. The van der Waals surface area contributed by atoms with Gasteiger partial charge in [-0.3, -0.25) is 4.79 Å². The molecule has 0 saturated carbocycles. The standard InChI is InChI=1S/C23H28N4O5S2/c1-26(2)34(30,31)15-6-4-14(5-7-15)17-12-18-21(19-13-27(3)10-8-16(17)19)24-23(29)22(18)25-32-20(33)9-11-28/h4-7,12,20,28,33H,8-11,13H2,1-3H3,(H,24,25,29). The van der Waals surface area contributed by atoms with Crippen molar-refractivity contribution >= 4 is 40.0 Å². The fourth-order valence-electron chi connectivity index (χ4n) is 4.16. The van der Waals surface area contributed by atoms with Gasteiger partial charge in [-0.2, -0.15) is 0 Å². The number of carbonyl (C=O) groups excluding carboxylic acids is 1. The average molecular weight is 505 g/mol. The Balaban J connectivity index is 1.81. The Kier molecular flexibility index (Phi) is 7.02. The molecule has 0 bridgehead atoms. The smallest absolute Gasteiger partial charge is 0.278 e. The van der Waals surface area contributed by atoms with Crippen molar-refractivity contribution in [1.29, 1.82) is 0 Å². The summed E-state index contributed by atoms with van der Waals surface area (Å²) in [6.07, 6.45) is 1.07. The number of benzene rings is 2. The maximum Gasteiger partial charge on any atom is 0.278 e. The minimum Gasteiger partial charge on any atom is -0.396 e. The van der Waals surface area contributed by atoms with Crippen LogP contribution in [0.3, 0.4) is 0 Å². The third-order valence-electron chi connectivity index (χ3n) is 6.02. The summed E-state index contributed by atoms with van der Waals surface area (Å²) in [5, 5.41) is 16.0. The van der Waals surface area contributed by atoms with Gasteiger partial charge in [0.1, 0.15) is 0 Å². The molecule has 182 valence electrons.